The Morgan fingerprint density at radius 1 is 0.963 bits per heavy atom. The summed E-state index contributed by atoms with van der Waals surface area (Å²) in [5, 5.41) is 2.72. The number of aryl methyl sites for hydroxylation is 2. The number of hydrogen-bond acceptors (Lipinski definition) is 4. The van der Waals surface area contributed by atoms with E-state index in [-0.39, 0.29) is 17.3 Å². The zero-order chi connectivity index (χ0) is 19.4. The van der Waals surface area contributed by atoms with Crippen LogP contribution in [0.2, 0.25) is 0 Å². The van der Waals surface area contributed by atoms with Crippen molar-refractivity contribution in [1.29, 1.82) is 0 Å². The topological polar surface area (TPSA) is 88.4 Å². The van der Waals surface area contributed by atoms with Crippen LogP contribution in [0.5, 0.6) is 0 Å². The van der Waals surface area contributed by atoms with E-state index < -0.39 is 10.0 Å². The Balaban J connectivity index is 1.73. The molecule has 140 valence electrons. The van der Waals surface area contributed by atoms with E-state index in [0.717, 1.165) is 11.1 Å². The summed E-state index contributed by atoms with van der Waals surface area (Å²) in [5.41, 5.74) is 2.62. The summed E-state index contributed by atoms with van der Waals surface area (Å²) in [4.78, 5) is 12.3. The van der Waals surface area contributed by atoms with E-state index in [9.17, 15) is 13.2 Å². The zero-order valence-electron chi connectivity index (χ0n) is 15.0. The van der Waals surface area contributed by atoms with E-state index in [1.54, 1.807) is 12.1 Å². The number of anilines is 1. The van der Waals surface area contributed by atoms with Gasteiger partial charge in [-0.3, -0.25) is 9.52 Å². The van der Waals surface area contributed by atoms with Gasteiger partial charge < -0.3 is 9.73 Å². The molecule has 1 aromatic heterocycles. The maximum absolute atomic E-state index is 12.6. The number of furan rings is 1. The van der Waals surface area contributed by atoms with Crippen molar-refractivity contribution in [2.45, 2.75) is 25.3 Å². The van der Waals surface area contributed by atoms with Gasteiger partial charge in [0.1, 0.15) is 5.76 Å². The Bertz CT molecular complexity index is 1020. The van der Waals surface area contributed by atoms with Gasteiger partial charge >= 0.3 is 0 Å². The number of amides is 1. The molecule has 3 aromatic rings. The minimum Gasteiger partial charge on any atom is -0.467 e. The second-order valence-electron chi connectivity index (χ2n) is 6.16. The SMILES string of the molecule is Cc1cccc(C)c1NS(=O)(=O)c1ccc(C(=O)NCc2ccco2)cc1. The summed E-state index contributed by atoms with van der Waals surface area (Å²) in [6.45, 7) is 3.95. The van der Waals surface area contributed by atoms with Crippen LogP contribution in [0.1, 0.15) is 27.2 Å². The lowest BCUT2D eigenvalue weighted by molar-refractivity contribution is 0.0948. The highest BCUT2D eigenvalue weighted by Gasteiger charge is 2.17. The fourth-order valence-corrected chi connectivity index (χ4v) is 3.84. The minimum absolute atomic E-state index is 0.0905. The fraction of sp³-hybridized carbons (Fsp3) is 0.150. The summed E-state index contributed by atoms with van der Waals surface area (Å²) >= 11 is 0. The third-order valence-electron chi connectivity index (χ3n) is 4.15. The first-order valence-corrected chi connectivity index (χ1v) is 9.85. The predicted octanol–water partition coefficient (Wildman–Crippen LogP) is 3.63. The number of sulfonamides is 1. The van der Waals surface area contributed by atoms with Gasteiger partial charge in [0, 0.05) is 5.56 Å². The Kier molecular flexibility index (Phi) is 5.32. The molecule has 3 rings (SSSR count). The van der Waals surface area contributed by atoms with Crippen molar-refractivity contribution in [3.8, 4) is 0 Å². The smallest absolute Gasteiger partial charge is 0.261 e. The summed E-state index contributed by atoms with van der Waals surface area (Å²) in [7, 11) is -3.75. The van der Waals surface area contributed by atoms with Crippen molar-refractivity contribution in [2.24, 2.45) is 0 Å². The standard InChI is InChI=1S/C20H20N2O4S/c1-14-5-3-6-15(2)19(14)22-27(24,25)18-10-8-16(9-11-18)20(23)21-13-17-7-4-12-26-17/h3-12,22H,13H2,1-2H3,(H,21,23). The quantitative estimate of drug-likeness (QED) is 0.679. The third kappa shape index (κ3) is 4.38. The molecule has 0 aliphatic rings. The largest absolute Gasteiger partial charge is 0.467 e. The van der Waals surface area contributed by atoms with Crippen molar-refractivity contribution in [2.75, 3.05) is 4.72 Å². The molecule has 0 atom stereocenters. The molecule has 7 heteroatoms. The van der Waals surface area contributed by atoms with Crippen LogP contribution in [0, 0.1) is 13.8 Å². The number of para-hydroxylation sites is 1. The Labute approximate surface area is 158 Å². The Morgan fingerprint density at radius 2 is 1.63 bits per heavy atom. The van der Waals surface area contributed by atoms with Crippen LogP contribution in [0.25, 0.3) is 0 Å². The minimum atomic E-state index is -3.75. The molecule has 0 saturated carbocycles. The molecule has 2 aromatic carbocycles. The molecule has 27 heavy (non-hydrogen) atoms. The average Bonchev–Trinajstić information content (AvgIpc) is 3.17. The van der Waals surface area contributed by atoms with Gasteiger partial charge in [0.2, 0.25) is 0 Å². The predicted molar refractivity (Wildman–Crippen MR) is 103 cm³/mol. The molecule has 0 saturated heterocycles. The molecule has 1 heterocycles. The van der Waals surface area contributed by atoms with Gasteiger partial charge in [-0.1, -0.05) is 18.2 Å². The van der Waals surface area contributed by atoms with Gasteiger partial charge in [0.05, 0.1) is 23.4 Å². The number of nitrogens with one attached hydrogen (secondary N) is 2. The first-order chi connectivity index (χ1) is 12.9. The summed E-state index contributed by atoms with van der Waals surface area (Å²) in [5.74, 6) is 0.332. The van der Waals surface area contributed by atoms with E-state index >= 15 is 0 Å². The lowest BCUT2D eigenvalue weighted by atomic mass is 10.1. The highest BCUT2D eigenvalue weighted by molar-refractivity contribution is 7.92. The van der Waals surface area contributed by atoms with Gasteiger partial charge in [-0.05, 0) is 61.4 Å². The number of carbonyl (C=O) groups excluding carboxylic acids is 1. The lowest BCUT2D eigenvalue weighted by Gasteiger charge is -2.13. The van der Waals surface area contributed by atoms with Crippen molar-refractivity contribution in [1.82, 2.24) is 5.32 Å². The van der Waals surface area contributed by atoms with Crippen LogP contribution in [0.3, 0.4) is 0 Å². The van der Waals surface area contributed by atoms with Crippen LogP contribution < -0.4 is 10.0 Å². The van der Waals surface area contributed by atoms with E-state index in [4.69, 9.17) is 4.42 Å². The molecule has 2 N–H and O–H groups in total. The van der Waals surface area contributed by atoms with Gasteiger partial charge in [-0.2, -0.15) is 0 Å². The van der Waals surface area contributed by atoms with Crippen LogP contribution in [0.15, 0.2) is 70.2 Å². The van der Waals surface area contributed by atoms with Crippen LogP contribution in [-0.2, 0) is 16.6 Å². The van der Waals surface area contributed by atoms with E-state index in [0.29, 0.717) is 17.0 Å². The number of benzene rings is 2. The molecule has 0 radical (unpaired) electrons. The molecule has 0 unspecified atom stereocenters. The molecule has 0 aliphatic carbocycles. The van der Waals surface area contributed by atoms with Gasteiger partial charge in [0.15, 0.2) is 0 Å². The fourth-order valence-electron chi connectivity index (χ4n) is 2.64. The number of hydrogen-bond donors (Lipinski definition) is 2. The maximum atomic E-state index is 12.6. The first kappa shape index (κ1) is 18.7. The second kappa shape index (κ2) is 7.67. The van der Waals surface area contributed by atoms with E-state index in [1.165, 1.54) is 30.5 Å². The molecule has 0 fully saturated rings. The zero-order valence-corrected chi connectivity index (χ0v) is 15.8. The summed E-state index contributed by atoms with van der Waals surface area (Å²) in [6.07, 6.45) is 1.53. The third-order valence-corrected chi connectivity index (χ3v) is 5.51. The molecule has 6 nitrogen and oxygen atoms in total. The normalized spacial score (nSPS) is 11.2. The second-order valence-corrected chi connectivity index (χ2v) is 7.84. The van der Waals surface area contributed by atoms with Gasteiger partial charge in [-0.15, -0.1) is 0 Å². The first-order valence-electron chi connectivity index (χ1n) is 8.36. The molecule has 0 aliphatic heterocycles. The highest BCUT2D eigenvalue weighted by atomic mass is 32.2. The van der Waals surface area contributed by atoms with Crippen molar-refractivity contribution in [3.63, 3.8) is 0 Å². The van der Waals surface area contributed by atoms with Crippen molar-refractivity contribution >= 4 is 21.6 Å². The van der Waals surface area contributed by atoms with Crippen LogP contribution in [-0.4, -0.2) is 14.3 Å². The van der Waals surface area contributed by atoms with E-state index in [1.807, 2.05) is 32.0 Å². The molecular weight excluding hydrogens is 364 g/mol. The molecule has 0 spiro atoms. The van der Waals surface area contributed by atoms with Crippen LogP contribution in [0.4, 0.5) is 5.69 Å². The maximum Gasteiger partial charge on any atom is 0.261 e. The van der Waals surface area contributed by atoms with Crippen LogP contribution >= 0.6 is 0 Å². The molecule has 0 bridgehead atoms. The number of carbonyl (C=O) groups is 1. The van der Waals surface area contributed by atoms with E-state index in [2.05, 4.69) is 10.0 Å². The lowest BCUT2D eigenvalue weighted by Crippen LogP contribution is -2.22. The highest BCUT2D eigenvalue weighted by Crippen LogP contribution is 2.23. The monoisotopic (exact) mass is 384 g/mol. The molecule has 1 amide bonds. The average molecular weight is 384 g/mol. The summed E-state index contributed by atoms with van der Waals surface area (Å²) < 4.78 is 33.1. The van der Waals surface area contributed by atoms with Gasteiger partial charge in [0.25, 0.3) is 15.9 Å². The van der Waals surface area contributed by atoms with Crippen molar-refractivity contribution in [3.05, 3.63) is 83.3 Å². The number of rotatable bonds is 6. The molecular formula is C20H20N2O4S. The summed E-state index contributed by atoms with van der Waals surface area (Å²) in [6, 6.07) is 14.9. The Hall–Kier alpha value is -3.06. The van der Waals surface area contributed by atoms with Crippen molar-refractivity contribution < 1.29 is 17.6 Å². The van der Waals surface area contributed by atoms with Gasteiger partial charge in [-0.25, -0.2) is 8.42 Å². The Morgan fingerprint density at radius 3 is 2.22 bits per heavy atom.